The summed E-state index contributed by atoms with van der Waals surface area (Å²) in [4.78, 5) is 9.20. The van der Waals surface area contributed by atoms with Crippen LogP contribution in [-0.2, 0) is 0 Å². The summed E-state index contributed by atoms with van der Waals surface area (Å²) in [6.07, 6.45) is 2.27. The molecule has 3 nitrogen and oxygen atoms in total. The second-order valence-electron chi connectivity index (χ2n) is 5.06. The maximum Gasteiger partial charge on any atom is 0.141 e. The lowest BCUT2D eigenvalue weighted by Crippen LogP contribution is -2.04. The van der Waals surface area contributed by atoms with Gasteiger partial charge in [0.2, 0.25) is 0 Å². The van der Waals surface area contributed by atoms with Crippen LogP contribution in [0.1, 0.15) is 30.1 Å². The van der Waals surface area contributed by atoms with E-state index < -0.39 is 5.82 Å². The zero-order chi connectivity index (χ0) is 14.3. The van der Waals surface area contributed by atoms with Crippen LogP contribution in [0.4, 0.5) is 10.2 Å². The first kappa shape index (κ1) is 13.3. The van der Waals surface area contributed by atoms with Crippen molar-refractivity contribution in [3.63, 3.8) is 0 Å². The number of nitrogens with zero attached hydrogens (tertiary/aromatic N) is 2. The Morgan fingerprint density at radius 2 is 2.05 bits per heavy atom. The highest BCUT2D eigenvalue weighted by molar-refractivity contribution is 6.31. The normalized spacial score (nSPS) is 14.4. The van der Waals surface area contributed by atoms with Crippen molar-refractivity contribution in [2.24, 2.45) is 0 Å². The summed E-state index contributed by atoms with van der Waals surface area (Å²) in [6.45, 7) is 1.95. The van der Waals surface area contributed by atoms with E-state index in [1.54, 1.807) is 12.1 Å². The molecule has 1 aliphatic carbocycles. The van der Waals surface area contributed by atoms with E-state index in [9.17, 15) is 4.39 Å². The van der Waals surface area contributed by atoms with Crippen LogP contribution in [0.25, 0.3) is 11.3 Å². The molecular formula is C15H15ClFN3. The van der Waals surface area contributed by atoms with Crippen LogP contribution < -0.4 is 5.32 Å². The Morgan fingerprint density at radius 1 is 1.30 bits per heavy atom. The van der Waals surface area contributed by atoms with Gasteiger partial charge in [-0.1, -0.05) is 11.6 Å². The van der Waals surface area contributed by atoms with Gasteiger partial charge in [-0.3, -0.25) is 0 Å². The average Bonchev–Trinajstić information content (AvgIpc) is 3.27. The Morgan fingerprint density at radius 3 is 2.65 bits per heavy atom. The van der Waals surface area contributed by atoms with Crippen LogP contribution in [0.5, 0.6) is 0 Å². The predicted octanol–water partition coefficient (Wildman–Crippen LogP) is 4.16. The molecule has 1 heterocycles. The summed E-state index contributed by atoms with van der Waals surface area (Å²) in [6, 6.07) is 4.68. The van der Waals surface area contributed by atoms with E-state index in [1.807, 2.05) is 14.0 Å². The molecule has 1 N–H and O–H groups in total. The van der Waals surface area contributed by atoms with Gasteiger partial charge in [0.05, 0.1) is 10.7 Å². The highest BCUT2D eigenvalue weighted by Gasteiger charge is 2.28. The van der Waals surface area contributed by atoms with Crippen LogP contribution in [0.3, 0.4) is 0 Å². The van der Waals surface area contributed by atoms with Crippen molar-refractivity contribution in [1.29, 1.82) is 0 Å². The number of halogens is 2. The predicted molar refractivity (Wildman–Crippen MR) is 78.7 cm³/mol. The van der Waals surface area contributed by atoms with Crippen LogP contribution in [0.15, 0.2) is 18.2 Å². The van der Waals surface area contributed by atoms with Gasteiger partial charge >= 0.3 is 0 Å². The molecule has 0 atom stereocenters. The van der Waals surface area contributed by atoms with Gasteiger partial charge < -0.3 is 5.32 Å². The van der Waals surface area contributed by atoms with Crippen LogP contribution in [0.2, 0.25) is 5.02 Å². The molecule has 1 saturated carbocycles. The first-order valence-corrected chi connectivity index (χ1v) is 6.99. The summed E-state index contributed by atoms with van der Waals surface area (Å²) < 4.78 is 13.3. The second-order valence-corrected chi connectivity index (χ2v) is 5.46. The number of hydrogen-bond donors (Lipinski definition) is 1. The fourth-order valence-corrected chi connectivity index (χ4v) is 2.41. The van der Waals surface area contributed by atoms with Gasteiger partial charge in [0.15, 0.2) is 0 Å². The van der Waals surface area contributed by atoms with Crippen LogP contribution >= 0.6 is 11.6 Å². The van der Waals surface area contributed by atoms with Crippen molar-refractivity contribution in [3.8, 4) is 11.3 Å². The summed E-state index contributed by atoms with van der Waals surface area (Å²) in [5.41, 5.74) is 2.57. The number of hydrogen-bond acceptors (Lipinski definition) is 3. The number of nitrogens with one attached hydrogen (secondary N) is 1. The van der Waals surface area contributed by atoms with Gasteiger partial charge in [0.1, 0.15) is 17.5 Å². The molecule has 0 saturated heterocycles. The van der Waals surface area contributed by atoms with Gasteiger partial charge in [-0.05, 0) is 38.0 Å². The fourth-order valence-electron chi connectivity index (χ4n) is 2.23. The summed E-state index contributed by atoms with van der Waals surface area (Å²) in [5.74, 6) is 1.71. The highest BCUT2D eigenvalue weighted by Crippen LogP contribution is 2.40. The molecule has 1 aromatic heterocycles. The Kier molecular flexibility index (Phi) is 3.34. The topological polar surface area (TPSA) is 37.8 Å². The molecular weight excluding hydrogens is 277 g/mol. The maximum atomic E-state index is 13.3. The zero-order valence-electron chi connectivity index (χ0n) is 11.4. The van der Waals surface area contributed by atoms with Crippen LogP contribution in [0, 0.1) is 12.7 Å². The molecule has 2 aromatic rings. The van der Waals surface area contributed by atoms with Crippen molar-refractivity contribution >= 4 is 17.4 Å². The smallest absolute Gasteiger partial charge is 0.141 e. The molecule has 1 aliphatic rings. The van der Waals surface area contributed by atoms with Crippen molar-refractivity contribution in [2.45, 2.75) is 25.7 Å². The molecule has 1 aromatic carbocycles. The average molecular weight is 292 g/mol. The maximum absolute atomic E-state index is 13.3. The monoisotopic (exact) mass is 291 g/mol. The van der Waals surface area contributed by atoms with Gasteiger partial charge in [0, 0.05) is 24.1 Å². The van der Waals surface area contributed by atoms with Crippen molar-refractivity contribution in [2.75, 3.05) is 12.4 Å². The number of benzene rings is 1. The van der Waals surface area contributed by atoms with E-state index in [1.165, 1.54) is 6.07 Å². The third-order valence-electron chi connectivity index (χ3n) is 3.54. The minimum absolute atomic E-state index is 0.111. The van der Waals surface area contributed by atoms with Gasteiger partial charge in [-0.15, -0.1) is 0 Å². The molecule has 104 valence electrons. The SMILES string of the molecule is CNc1nc(C2CC2)nc(-c2ccc(F)c(Cl)c2)c1C. The first-order valence-electron chi connectivity index (χ1n) is 6.62. The molecule has 0 spiro atoms. The van der Waals surface area contributed by atoms with Crippen molar-refractivity contribution < 1.29 is 4.39 Å². The van der Waals surface area contributed by atoms with E-state index >= 15 is 0 Å². The van der Waals surface area contributed by atoms with Crippen molar-refractivity contribution in [1.82, 2.24) is 9.97 Å². The van der Waals surface area contributed by atoms with Gasteiger partial charge in [-0.2, -0.15) is 0 Å². The molecule has 0 radical (unpaired) electrons. The molecule has 1 fully saturated rings. The number of aromatic nitrogens is 2. The van der Waals surface area contributed by atoms with E-state index in [-0.39, 0.29) is 5.02 Å². The minimum atomic E-state index is -0.418. The fraction of sp³-hybridized carbons (Fsp3) is 0.333. The highest BCUT2D eigenvalue weighted by atomic mass is 35.5. The summed E-state index contributed by atoms with van der Waals surface area (Å²) in [7, 11) is 1.84. The largest absolute Gasteiger partial charge is 0.373 e. The lowest BCUT2D eigenvalue weighted by Gasteiger charge is -2.12. The Hall–Kier alpha value is -1.68. The molecule has 0 aliphatic heterocycles. The summed E-state index contributed by atoms with van der Waals surface area (Å²) >= 11 is 5.87. The van der Waals surface area contributed by atoms with E-state index in [0.717, 1.165) is 41.3 Å². The number of anilines is 1. The Labute approximate surface area is 122 Å². The van der Waals surface area contributed by atoms with E-state index in [0.29, 0.717) is 5.92 Å². The standard InChI is InChI=1S/C15H15ClFN3/c1-8-13(10-5-6-12(17)11(16)7-10)19-15(9-3-4-9)20-14(8)18-2/h5-7,9H,3-4H2,1-2H3,(H,18,19,20). The first-order chi connectivity index (χ1) is 9.60. The van der Waals surface area contributed by atoms with E-state index in [2.05, 4.69) is 15.3 Å². The molecule has 0 bridgehead atoms. The zero-order valence-corrected chi connectivity index (χ0v) is 12.1. The second kappa shape index (κ2) is 5.02. The Balaban J connectivity index is 2.15. The van der Waals surface area contributed by atoms with Crippen molar-refractivity contribution in [3.05, 3.63) is 40.4 Å². The van der Waals surface area contributed by atoms with Gasteiger partial charge in [0.25, 0.3) is 0 Å². The molecule has 20 heavy (non-hydrogen) atoms. The number of rotatable bonds is 3. The third-order valence-corrected chi connectivity index (χ3v) is 3.83. The van der Waals surface area contributed by atoms with E-state index in [4.69, 9.17) is 11.6 Å². The molecule has 5 heteroatoms. The molecule has 0 amide bonds. The van der Waals surface area contributed by atoms with Gasteiger partial charge in [-0.25, -0.2) is 14.4 Å². The minimum Gasteiger partial charge on any atom is -0.373 e. The molecule has 0 unspecified atom stereocenters. The van der Waals surface area contributed by atoms with Crippen LogP contribution in [-0.4, -0.2) is 17.0 Å². The lowest BCUT2D eigenvalue weighted by atomic mass is 10.1. The lowest BCUT2D eigenvalue weighted by molar-refractivity contribution is 0.628. The summed E-state index contributed by atoms with van der Waals surface area (Å²) in [5, 5.41) is 3.21. The Bertz CT molecular complexity index is 668. The molecule has 3 rings (SSSR count). The third kappa shape index (κ3) is 2.36. The quantitative estimate of drug-likeness (QED) is 0.922.